The van der Waals surface area contributed by atoms with Crippen molar-refractivity contribution in [1.82, 2.24) is 10.3 Å². The van der Waals surface area contributed by atoms with Gasteiger partial charge >= 0.3 is 0 Å². The van der Waals surface area contributed by atoms with Crippen molar-refractivity contribution in [2.24, 2.45) is 0 Å². The molecule has 0 aliphatic carbocycles. The number of pyridine rings is 1. The first-order chi connectivity index (χ1) is 6.74. The molecule has 0 atom stereocenters. The van der Waals surface area contributed by atoms with Gasteiger partial charge in [-0.15, -0.1) is 24.8 Å². The summed E-state index contributed by atoms with van der Waals surface area (Å²) in [6.07, 6.45) is 3.10. The standard InChI is InChI=1S/C11H19N3.2ClH/c1-4-7-12-8-10-5-6-11(13-9-10)14(2)3;;/h5-6,9,12H,4,7-8H2,1-3H3;2*1H. The van der Waals surface area contributed by atoms with Crippen molar-refractivity contribution >= 4 is 30.6 Å². The first kappa shape index (κ1) is 17.9. The third-order valence-electron chi connectivity index (χ3n) is 2.02. The molecule has 0 amide bonds. The maximum atomic E-state index is 4.34. The molecule has 1 aromatic rings. The summed E-state index contributed by atoms with van der Waals surface area (Å²) in [6.45, 7) is 4.14. The molecule has 1 rings (SSSR count). The molecule has 0 unspecified atom stereocenters. The molecule has 3 nitrogen and oxygen atoms in total. The summed E-state index contributed by atoms with van der Waals surface area (Å²) >= 11 is 0. The Bertz CT molecular complexity index is 262. The summed E-state index contributed by atoms with van der Waals surface area (Å²) in [6, 6.07) is 4.16. The van der Waals surface area contributed by atoms with Crippen LogP contribution in [-0.2, 0) is 6.54 Å². The summed E-state index contributed by atoms with van der Waals surface area (Å²) < 4.78 is 0. The smallest absolute Gasteiger partial charge is 0.127 e. The van der Waals surface area contributed by atoms with E-state index in [9.17, 15) is 0 Å². The normalized spacial score (nSPS) is 8.94. The molecule has 0 fully saturated rings. The molecule has 0 aliphatic rings. The van der Waals surface area contributed by atoms with Crippen LogP contribution in [0.15, 0.2) is 18.3 Å². The number of rotatable bonds is 5. The summed E-state index contributed by atoms with van der Waals surface area (Å²) in [5.41, 5.74) is 1.24. The fourth-order valence-electron chi connectivity index (χ4n) is 1.20. The number of anilines is 1. The van der Waals surface area contributed by atoms with Gasteiger partial charge in [0.15, 0.2) is 0 Å². The van der Waals surface area contributed by atoms with Crippen molar-refractivity contribution in [3.8, 4) is 0 Å². The maximum absolute atomic E-state index is 4.34. The second-order valence-electron chi connectivity index (χ2n) is 3.60. The molecule has 1 aromatic heterocycles. The van der Waals surface area contributed by atoms with Gasteiger partial charge in [-0.2, -0.15) is 0 Å². The maximum Gasteiger partial charge on any atom is 0.127 e. The highest BCUT2D eigenvalue weighted by Crippen LogP contribution is 2.07. The van der Waals surface area contributed by atoms with Crippen molar-refractivity contribution in [3.63, 3.8) is 0 Å². The number of hydrogen-bond acceptors (Lipinski definition) is 3. The average molecular weight is 266 g/mol. The number of aromatic nitrogens is 1. The molecule has 16 heavy (non-hydrogen) atoms. The largest absolute Gasteiger partial charge is 0.363 e. The Hall–Kier alpha value is -0.510. The number of nitrogens with one attached hydrogen (secondary N) is 1. The Morgan fingerprint density at radius 2 is 1.94 bits per heavy atom. The van der Waals surface area contributed by atoms with E-state index < -0.39 is 0 Å². The molecule has 0 spiro atoms. The molecule has 0 bridgehead atoms. The highest BCUT2D eigenvalue weighted by molar-refractivity contribution is 5.85. The topological polar surface area (TPSA) is 28.2 Å². The Morgan fingerprint density at radius 1 is 1.25 bits per heavy atom. The second-order valence-corrected chi connectivity index (χ2v) is 3.60. The van der Waals surface area contributed by atoms with Crippen LogP contribution >= 0.6 is 24.8 Å². The predicted molar refractivity (Wildman–Crippen MR) is 75.1 cm³/mol. The van der Waals surface area contributed by atoms with E-state index in [0.717, 1.165) is 18.9 Å². The summed E-state index contributed by atoms with van der Waals surface area (Å²) in [7, 11) is 3.99. The van der Waals surface area contributed by atoms with Crippen molar-refractivity contribution in [3.05, 3.63) is 23.9 Å². The number of halogens is 2. The molecule has 1 heterocycles. The van der Waals surface area contributed by atoms with Gasteiger partial charge in [0.1, 0.15) is 5.82 Å². The number of nitrogens with zero attached hydrogens (tertiary/aromatic N) is 2. The predicted octanol–water partition coefficient (Wildman–Crippen LogP) is 2.49. The highest BCUT2D eigenvalue weighted by atomic mass is 35.5. The van der Waals surface area contributed by atoms with Crippen molar-refractivity contribution < 1.29 is 0 Å². The third-order valence-corrected chi connectivity index (χ3v) is 2.02. The van der Waals surface area contributed by atoms with Gasteiger partial charge in [0.2, 0.25) is 0 Å². The summed E-state index contributed by atoms with van der Waals surface area (Å²) in [5.74, 6) is 1.00. The lowest BCUT2D eigenvalue weighted by Crippen LogP contribution is -2.15. The minimum Gasteiger partial charge on any atom is -0.363 e. The summed E-state index contributed by atoms with van der Waals surface area (Å²) in [5, 5.41) is 3.35. The third kappa shape index (κ3) is 6.16. The first-order valence-corrected chi connectivity index (χ1v) is 5.07. The second kappa shape index (κ2) is 9.70. The molecule has 5 heteroatoms. The lowest BCUT2D eigenvalue weighted by Gasteiger charge is -2.11. The molecular weight excluding hydrogens is 245 g/mol. The minimum absolute atomic E-state index is 0. The van der Waals surface area contributed by atoms with Crippen LogP contribution in [0.2, 0.25) is 0 Å². The molecule has 94 valence electrons. The van der Waals surface area contributed by atoms with Gasteiger partial charge < -0.3 is 10.2 Å². The zero-order valence-corrected chi connectivity index (χ0v) is 11.7. The van der Waals surface area contributed by atoms with E-state index >= 15 is 0 Å². The van der Waals surface area contributed by atoms with E-state index in [2.05, 4.69) is 23.3 Å². The quantitative estimate of drug-likeness (QED) is 0.830. The van der Waals surface area contributed by atoms with E-state index in [4.69, 9.17) is 0 Å². The fraction of sp³-hybridized carbons (Fsp3) is 0.545. The van der Waals surface area contributed by atoms with E-state index in [1.165, 1.54) is 12.0 Å². The Kier molecular flexibility index (Phi) is 10.8. The van der Waals surface area contributed by atoms with E-state index in [1.807, 2.05) is 31.3 Å². The van der Waals surface area contributed by atoms with Crippen LogP contribution in [0.4, 0.5) is 5.82 Å². The highest BCUT2D eigenvalue weighted by Gasteiger charge is 1.96. The van der Waals surface area contributed by atoms with Crippen molar-refractivity contribution in [2.45, 2.75) is 19.9 Å². The van der Waals surface area contributed by atoms with Crippen LogP contribution in [0.3, 0.4) is 0 Å². The molecule has 0 saturated carbocycles. The Balaban J connectivity index is 0. The van der Waals surface area contributed by atoms with Gasteiger partial charge in [-0.1, -0.05) is 13.0 Å². The fourth-order valence-corrected chi connectivity index (χ4v) is 1.20. The lowest BCUT2D eigenvalue weighted by atomic mass is 10.2. The molecule has 1 N–H and O–H groups in total. The molecule has 0 aliphatic heterocycles. The van der Waals surface area contributed by atoms with Crippen LogP contribution in [0.25, 0.3) is 0 Å². The lowest BCUT2D eigenvalue weighted by molar-refractivity contribution is 0.674. The first-order valence-electron chi connectivity index (χ1n) is 5.07. The van der Waals surface area contributed by atoms with E-state index in [-0.39, 0.29) is 24.8 Å². The minimum atomic E-state index is 0. The molecule has 0 aromatic carbocycles. The Morgan fingerprint density at radius 3 is 2.38 bits per heavy atom. The molecule has 0 saturated heterocycles. The summed E-state index contributed by atoms with van der Waals surface area (Å²) in [4.78, 5) is 6.35. The monoisotopic (exact) mass is 265 g/mol. The van der Waals surface area contributed by atoms with Gasteiger partial charge in [-0.25, -0.2) is 4.98 Å². The zero-order valence-electron chi connectivity index (χ0n) is 10.1. The van der Waals surface area contributed by atoms with Crippen LogP contribution < -0.4 is 10.2 Å². The van der Waals surface area contributed by atoms with Crippen LogP contribution in [-0.4, -0.2) is 25.6 Å². The zero-order chi connectivity index (χ0) is 10.4. The van der Waals surface area contributed by atoms with Gasteiger partial charge in [-0.3, -0.25) is 0 Å². The van der Waals surface area contributed by atoms with Gasteiger partial charge in [-0.05, 0) is 24.6 Å². The van der Waals surface area contributed by atoms with E-state index in [1.54, 1.807) is 0 Å². The van der Waals surface area contributed by atoms with Gasteiger partial charge in [0.25, 0.3) is 0 Å². The Labute approximate surface area is 110 Å². The van der Waals surface area contributed by atoms with Crippen LogP contribution in [0.5, 0.6) is 0 Å². The molecule has 0 radical (unpaired) electrons. The van der Waals surface area contributed by atoms with Crippen molar-refractivity contribution in [2.75, 3.05) is 25.5 Å². The number of hydrogen-bond donors (Lipinski definition) is 1. The van der Waals surface area contributed by atoms with E-state index in [0.29, 0.717) is 0 Å². The van der Waals surface area contributed by atoms with Gasteiger partial charge in [0, 0.05) is 26.8 Å². The SMILES string of the molecule is CCCNCc1ccc(N(C)C)nc1.Cl.Cl. The van der Waals surface area contributed by atoms with Crippen molar-refractivity contribution in [1.29, 1.82) is 0 Å². The van der Waals surface area contributed by atoms with Crippen LogP contribution in [0, 0.1) is 0 Å². The average Bonchev–Trinajstić information content (AvgIpc) is 2.19. The van der Waals surface area contributed by atoms with Crippen LogP contribution in [0.1, 0.15) is 18.9 Å². The molecular formula is C11H21Cl2N3. The van der Waals surface area contributed by atoms with Gasteiger partial charge in [0.05, 0.1) is 0 Å².